The molecule has 0 bridgehead atoms. The molecule has 1 aliphatic rings. The van der Waals surface area contributed by atoms with Crippen molar-refractivity contribution in [3.8, 4) is 0 Å². The Kier molecular flexibility index (Phi) is 5.05. The lowest BCUT2D eigenvalue weighted by Crippen LogP contribution is -2.30. The molecule has 5 heteroatoms. The van der Waals surface area contributed by atoms with Gasteiger partial charge in [0.05, 0.1) is 16.8 Å². The Morgan fingerprint density at radius 1 is 0.967 bits per heavy atom. The number of anilines is 1. The van der Waals surface area contributed by atoms with E-state index in [4.69, 9.17) is 0 Å². The van der Waals surface area contributed by atoms with Crippen molar-refractivity contribution in [2.45, 2.75) is 32.2 Å². The quantitative estimate of drug-likeness (QED) is 0.399. The number of rotatable bonds is 4. The third kappa shape index (κ3) is 3.73. The smallest absolute Gasteiger partial charge is 0.260 e. The standard InChI is InChI=1S/C25H21FN2OS/c26-21-12-13-22-23(15-21)30-25(27-22)28(16-17-6-2-1-3-7-17)24(29)20-11-10-18-8-4-5-9-19(18)14-20/h1-3,6-7,10-15H,4-5,8-9,16H2. The first kappa shape index (κ1) is 18.9. The first-order valence-corrected chi connectivity index (χ1v) is 11.0. The van der Waals surface area contributed by atoms with Gasteiger partial charge in [-0.15, -0.1) is 0 Å². The molecule has 0 aliphatic heterocycles. The maximum atomic E-state index is 13.7. The van der Waals surface area contributed by atoms with Gasteiger partial charge in [0.15, 0.2) is 5.13 Å². The van der Waals surface area contributed by atoms with E-state index < -0.39 is 0 Å². The second-order valence-corrected chi connectivity index (χ2v) is 8.69. The molecule has 1 aromatic heterocycles. The Labute approximate surface area is 178 Å². The van der Waals surface area contributed by atoms with Gasteiger partial charge in [-0.05, 0) is 72.7 Å². The van der Waals surface area contributed by atoms with Gasteiger partial charge in [-0.1, -0.05) is 47.7 Å². The molecule has 1 heterocycles. The van der Waals surface area contributed by atoms with E-state index in [1.165, 1.54) is 47.4 Å². The van der Waals surface area contributed by atoms with Crippen molar-refractivity contribution >= 4 is 32.6 Å². The summed E-state index contributed by atoms with van der Waals surface area (Å²) in [5.41, 5.74) is 5.03. The minimum atomic E-state index is -0.298. The molecular formula is C25H21FN2OS. The molecule has 30 heavy (non-hydrogen) atoms. The van der Waals surface area contributed by atoms with Crippen LogP contribution < -0.4 is 4.90 Å². The number of benzene rings is 3. The number of thiazole rings is 1. The number of aryl methyl sites for hydroxylation is 2. The van der Waals surface area contributed by atoms with Crippen LogP contribution in [0.15, 0.2) is 66.7 Å². The van der Waals surface area contributed by atoms with Gasteiger partial charge in [0, 0.05) is 5.56 Å². The zero-order valence-electron chi connectivity index (χ0n) is 16.5. The number of fused-ring (bicyclic) bond motifs is 2. The van der Waals surface area contributed by atoms with E-state index in [1.54, 1.807) is 11.0 Å². The Hall–Kier alpha value is -3.05. The van der Waals surface area contributed by atoms with Crippen LogP contribution in [0.2, 0.25) is 0 Å². The fraction of sp³-hybridized carbons (Fsp3) is 0.200. The third-order valence-electron chi connectivity index (χ3n) is 5.59. The highest BCUT2D eigenvalue weighted by Gasteiger charge is 2.23. The number of nitrogens with zero attached hydrogens (tertiary/aromatic N) is 2. The van der Waals surface area contributed by atoms with Crippen molar-refractivity contribution in [2.75, 3.05) is 4.90 Å². The van der Waals surface area contributed by atoms with E-state index in [-0.39, 0.29) is 11.7 Å². The Morgan fingerprint density at radius 2 is 1.77 bits per heavy atom. The summed E-state index contributed by atoms with van der Waals surface area (Å²) in [5, 5.41) is 0.585. The highest BCUT2D eigenvalue weighted by molar-refractivity contribution is 7.22. The molecule has 5 rings (SSSR count). The minimum absolute atomic E-state index is 0.0771. The van der Waals surface area contributed by atoms with Crippen LogP contribution in [0.1, 0.15) is 39.9 Å². The van der Waals surface area contributed by atoms with Gasteiger partial charge in [-0.3, -0.25) is 9.69 Å². The topological polar surface area (TPSA) is 33.2 Å². The molecule has 3 aromatic carbocycles. The van der Waals surface area contributed by atoms with E-state index in [0.717, 1.165) is 23.1 Å². The molecule has 0 unspecified atom stereocenters. The number of halogens is 1. The molecule has 4 aromatic rings. The second kappa shape index (κ2) is 8.00. The lowest BCUT2D eigenvalue weighted by Gasteiger charge is -2.22. The van der Waals surface area contributed by atoms with Crippen LogP contribution in [0, 0.1) is 5.82 Å². The van der Waals surface area contributed by atoms with Gasteiger partial charge in [0.1, 0.15) is 5.82 Å². The van der Waals surface area contributed by atoms with E-state index in [2.05, 4.69) is 11.1 Å². The van der Waals surface area contributed by atoms with Crippen molar-refractivity contribution in [3.63, 3.8) is 0 Å². The zero-order valence-corrected chi connectivity index (χ0v) is 17.3. The molecule has 0 spiro atoms. The fourth-order valence-electron chi connectivity index (χ4n) is 4.02. The van der Waals surface area contributed by atoms with Crippen molar-refractivity contribution in [3.05, 3.63) is 94.8 Å². The summed E-state index contributed by atoms with van der Waals surface area (Å²) < 4.78 is 14.4. The Morgan fingerprint density at radius 3 is 2.60 bits per heavy atom. The molecule has 0 atom stereocenters. The first-order valence-electron chi connectivity index (χ1n) is 10.2. The van der Waals surface area contributed by atoms with Gasteiger partial charge >= 0.3 is 0 Å². The summed E-state index contributed by atoms with van der Waals surface area (Å²) in [5.74, 6) is -0.375. The third-order valence-corrected chi connectivity index (χ3v) is 6.64. The molecule has 0 saturated heterocycles. The molecule has 1 aliphatic carbocycles. The first-order chi connectivity index (χ1) is 14.7. The number of carbonyl (C=O) groups excluding carboxylic acids is 1. The molecule has 1 amide bonds. The van der Waals surface area contributed by atoms with Gasteiger partial charge < -0.3 is 0 Å². The van der Waals surface area contributed by atoms with E-state index >= 15 is 0 Å². The lowest BCUT2D eigenvalue weighted by molar-refractivity contribution is 0.0985. The number of hydrogen-bond acceptors (Lipinski definition) is 3. The Balaban J connectivity index is 1.55. The van der Waals surface area contributed by atoms with Gasteiger partial charge in [-0.25, -0.2) is 9.37 Å². The van der Waals surface area contributed by atoms with Crippen LogP contribution in [0.4, 0.5) is 9.52 Å². The monoisotopic (exact) mass is 416 g/mol. The lowest BCUT2D eigenvalue weighted by atomic mass is 9.90. The van der Waals surface area contributed by atoms with Crippen molar-refractivity contribution in [2.24, 2.45) is 0 Å². The summed E-state index contributed by atoms with van der Waals surface area (Å²) in [6.45, 7) is 0.416. The molecule has 0 N–H and O–H groups in total. The van der Waals surface area contributed by atoms with Crippen LogP contribution in [0.25, 0.3) is 10.2 Å². The van der Waals surface area contributed by atoms with Gasteiger partial charge in [0.25, 0.3) is 5.91 Å². The second-order valence-electron chi connectivity index (χ2n) is 7.68. The normalized spacial score (nSPS) is 13.2. The highest BCUT2D eigenvalue weighted by Crippen LogP contribution is 2.32. The fourth-order valence-corrected chi connectivity index (χ4v) is 5.00. The van der Waals surface area contributed by atoms with E-state index in [0.29, 0.717) is 22.8 Å². The number of carbonyl (C=O) groups is 1. The number of hydrogen-bond donors (Lipinski definition) is 0. The van der Waals surface area contributed by atoms with Crippen LogP contribution in [-0.2, 0) is 19.4 Å². The maximum absolute atomic E-state index is 13.7. The Bertz CT molecular complexity index is 1220. The highest BCUT2D eigenvalue weighted by atomic mass is 32.1. The predicted octanol–water partition coefficient (Wildman–Crippen LogP) is 6.16. The summed E-state index contributed by atoms with van der Waals surface area (Å²) >= 11 is 1.34. The zero-order chi connectivity index (χ0) is 20.5. The average molecular weight is 417 g/mol. The van der Waals surface area contributed by atoms with Crippen LogP contribution in [0.3, 0.4) is 0 Å². The summed E-state index contributed by atoms with van der Waals surface area (Å²) in [7, 11) is 0. The van der Waals surface area contributed by atoms with Crippen LogP contribution in [0.5, 0.6) is 0 Å². The predicted molar refractivity (Wildman–Crippen MR) is 120 cm³/mol. The summed E-state index contributed by atoms with van der Waals surface area (Å²) in [4.78, 5) is 19.9. The van der Waals surface area contributed by atoms with E-state index in [9.17, 15) is 9.18 Å². The van der Waals surface area contributed by atoms with Crippen molar-refractivity contribution < 1.29 is 9.18 Å². The maximum Gasteiger partial charge on any atom is 0.260 e. The molecule has 0 radical (unpaired) electrons. The van der Waals surface area contributed by atoms with Gasteiger partial charge in [-0.2, -0.15) is 0 Å². The number of aromatic nitrogens is 1. The van der Waals surface area contributed by atoms with Crippen molar-refractivity contribution in [1.29, 1.82) is 0 Å². The molecule has 150 valence electrons. The largest absolute Gasteiger partial charge is 0.279 e. The van der Waals surface area contributed by atoms with Gasteiger partial charge in [0.2, 0.25) is 0 Å². The molecule has 0 fully saturated rings. The SMILES string of the molecule is O=C(c1ccc2c(c1)CCCC2)N(Cc1ccccc1)c1nc2ccc(F)cc2s1. The molecule has 3 nitrogen and oxygen atoms in total. The molecule has 0 saturated carbocycles. The van der Waals surface area contributed by atoms with Crippen LogP contribution in [-0.4, -0.2) is 10.9 Å². The summed E-state index contributed by atoms with van der Waals surface area (Å²) in [6, 6.07) is 20.5. The number of amides is 1. The summed E-state index contributed by atoms with van der Waals surface area (Å²) in [6.07, 6.45) is 4.49. The van der Waals surface area contributed by atoms with Crippen molar-refractivity contribution in [1.82, 2.24) is 4.98 Å². The average Bonchev–Trinajstić information content (AvgIpc) is 3.20. The van der Waals surface area contributed by atoms with E-state index in [1.807, 2.05) is 42.5 Å². The molecular weight excluding hydrogens is 395 g/mol. The van der Waals surface area contributed by atoms with Crippen LogP contribution >= 0.6 is 11.3 Å². The minimum Gasteiger partial charge on any atom is -0.279 e.